The van der Waals surface area contributed by atoms with Crippen LogP contribution in [0.25, 0.3) is 0 Å². The van der Waals surface area contributed by atoms with E-state index in [9.17, 15) is 4.79 Å². The average Bonchev–Trinajstić information content (AvgIpc) is 3.09. The summed E-state index contributed by atoms with van der Waals surface area (Å²) in [6, 6.07) is 1.97. The maximum atomic E-state index is 10.7. The van der Waals surface area contributed by atoms with Gasteiger partial charge in [0.2, 0.25) is 0 Å². The van der Waals surface area contributed by atoms with Crippen molar-refractivity contribution in [3.63, 3.8) is 0 Å². The van der Waals surface area contributed by atoms with E-state index >= 15 is 0 Å². The molecular weight excluding hydrogens is 392 g/mol. The molecule has 0 fully saturated rings. The van der Waals surface area contributed by atoms with Crippen molar-refractivity contribution in [1.82, 2.24) is 19.6 Å². The largest absolute Gasteiger partial charge is 0.394 e. The Bertz CT molecular complexity index is 905. The van der Waals surface area contributed by atoms with E-state index in [-0.39, 0.29) is 5.82 Å². The van der Waals surface area contributed by atoms with E-state index in [0.29, 0.717) is 16.9 Å². The van der Waals surface area contributed by atoms with Crippen LogP contribution >= 0.6 is 0 Å². The van der Waals surface area contributed by atoms with Gasteiger partial charge in [-0.1, -0.05) is 13.8 Å². The van der Waals surface area contributed by atoms with Gasteiger partial charge in [-0.2, -0.15) is 23.9 Å². The Balaban J connectivity index is 0.000000424. The molecule has 2 rings (SSSR count). The number of aryl methyl sites for hydroxylation is 2. The lowest BCUT2D eigenvalue weighted by molar-refractivity contribution is 0.100. The molecule has 0 aliphatic carbocycles. The number of nitriles is 1. The first kappa shape index (κ1) is 24.8. The Morgan fingerprint density at radius 2 is 1.54 bits per heavy atom. The van der Waals surface area contributed by atoms with Crippen LogP contribution in [0, 0.1) is 11.3 Å². The second-order valence-corrected chi connectivity index (χ2v) is 6.20. The Labute approximate surface area is 162 Å². The minimum Gasteiger partial charge on any atom is -0.382 e. The molecule has 14 heteroatoms. The number of aromatic nitrogens is 4. The monoisotopic (exact) mass is 416 g/mol. The highest BCUT2D eigenvalue weighted by atomic mass is 32.3. The number of nitrogens with zero attached hydrogens (tertiary/aromatic N) is 5. The molecule has 2 heterocycles. The van der Waals surface area contributed by atoms with E-state index in [1.165, 1.54) is 0 Å². The second-order valence-electron chi connectivity index (χ2n) is 5.31. The molecule has 0 spiro atoms. The zero-order chi connectivity index (χ0) is 21.9. The fourth-order valence-electron chi connectivity index (χ4n) is 1.84. The Kier molecular flexibility index (Phi) is 10.2. The third kappa shape index (κ3) is 10.1. The summed E-state index contributed by atoms with van der Waals surface area (Å²) in [5, 5.41) is 16.4. The molecule has 0 saturated carbocycles. The van der Waals surface area contributed by atoms with Crippen LogP contribution in [-0.4, -0.2) is 43.0 Å². The minimum absolute atomic E-state index is 0.205. The number of nitrogens with two attached hydrogens (primary N) is 3. The molecule has 156 valence electrons. The molecule has 0 aliphatic rings. The van der Waals surface area contributed by atoms with Gasteiger partial charge in [0.15, 0.2) is 11.6 Å². The van der Waals surface area contributed by atoms with Crippen molar-refractivity contribution in [1.29, 1.82) is 5.26 Å². The van der Waals surface area contributed by atoms with Crippen molar-refractivity contribution < 1.29 is 22.3 Å². The lowest BCUT2D eigenvalue weighted by Crippen LogP contribution is -2.11. The first-order chi connectivity index (χ1) is 12.9. The molecule has 13 nitrogen and oxygen atoms in total. The van der Waals surface area contributed by atoms with Crippen LogP contribution in [0.3, 0.4) is 0 Å². The first-order valence-corrected chi connectivity index (χ1v) is 9.38. The Hall–Kier alpha value is -3.15. The van der Waals surface area contributed by atoms with E-state index in [4.69, 9.17) is 40.0 Å². The normalized spacial score (nSPS) is 10.1. The molecule has 0 aromatic carbocycles. The summed E-state index contributed by atoms with van der Waals surface area (Å²) in [4.78, 5) is 10.7. The Morgan fingerprint density at radius 3 is 1.86 bits per heavy atom. The number of amides is 1. The fraction of sp³-hybridized carbons (Fsp3) is 0.429. The van der Waals surface area contributed by atoms with Gasteiger partial charge in [0.1, 0.15) is 17.2 Å². The quantitative estimate of drug-likeness (QED) is 0.411. The first-order valence-electron chi connectivity index (χ1n) is 7.98. The number of primary amides is 1. The van der Waals surface area contributed by atoms with Gasteiger partial charge in [-0.25, -0.2) is 0 Å². The van der Waals surface area contributed by atoms with Crippen LogP contribution in [-0.2, 0) is 23.5 Å². The highest BCUT2D eigenvalue weighted by Crippen LogP contribution is 2.08. The standard InChI is InChI=1S/C7H12N4O.C7H10N4.H2O4S/c1-2-3-11-4-5(7(9)12)6(8)10-11;1-2-3-11-5-6(4-8)7(9)10-11;1-5(2,3)4/h4H,2-3H2,1H3,(H2,8,10)(H2,9,12);5H,2-3H2,1H3,(H2,9,10);(H2,1,2,3,4). The van der Waals surface area contributed by atoms with E-state index in [0.717, 1.165) is 25.9 Å². The maximum Gasteiger partial charge on any atom is 0.394 e. The number of nitrogen functional groups attached to an aromatic ring is 2. The number of hydrogen-bond acceptors (Lipinski definition) is 8. The van der Waals surface area contributed by atoms with Gasteiger partial charge in [0.05, 0.1) is 0 Å². The molecule has 8 N–H and O–H groups in total. The molecule has 2 aromatic rings. The van der Waals surface area contributed by atoms with Crippen molar-refractivity contribution in [3.05, 3.63) is 23.5 Å². The van der Waals surface area contributed by atoms with E-state index in [1.54, 1.807) is 21.8 Å². The van der Waals surface area contributed by atoms with Crippen molar-refractivity contribution >= 4 is 27.9 Å². The summed E-state index contributed by atoms with van der Waals surface area (Å²) in [6.07, 6.45) is 5.17. The van der Waals surface area contributed by atoms with Crippen LogP contribution in [0.2, 0.25) is 0 Å². The van der Waals surface area contributed by atoms with Gasteiger partial charge in [-0.05, 0) is 12.8 Å². The number of rotatable bonds is 5. The summed E-state index contributed by atoms with van der Waals surface area (Å²) in [5.41, 5.74) is 16.7. The predicted octanol–water partition coefficient (Wildman–Crippen LogP) is 0.0684. The van der Waals surface area contributed by atoms with Crippen LogP contribution in [0.15, 0.2) is 12.4 Å². The minimum atomic E-state index is -4.67. The smallest absolute Gasteiger partial charge is 0.382 e. The third-order valence-corrected chi connectivity index (χ3v) is 2.87. The molecule has 0 saturated heterocycles. The topological polar surface area (TPSA) is 229 Å². The van der Waals surface area contributed by atoms with Gasteiger partial charge in [-0.15, -0.1) is 0 Å². The lowest BCUT2D eigenvalue weighted by atomic mass is 10.3. The zero-order valence-corrected chi connectivity index (χ0v) is 16.3. The highest BCUT2D eigenvalue weighted by Gasteiger charge is 2.09. The van der Waals surface area contributed by atoms with E-state index in [1.807, 2.05) is 19.9 Å². The lowest BCUT2D eigenvalue weighted by Gasteiger charge is -1.93. The summed E-state index contributed by atoms with van der Waals surface area (Å²) in [5.74, 6) is -0.00764. The molecule has 2 aromatic heterocycles. The molecule has 0 unspecified atom stereocenters. The summed E-state index contributed by atoms with van der Waals surface area (Å²) < 4.78 is 34.9. The molecule has 1 amide bonds. The average molecular weight is 416 g/mol. The van der Waals surface area contributed by atoms with Gasteiger partial charge in [-0.3, -0.25) is 23.3 Å². The van der Waals surface area contributed by atoms with Gasteiger partial charge in [0, 0.05) is 25.5 Å². The Morgan fingerprint density at radius 1 is 1.11 bits per heavy atom. The van der Waals surface area contributed by atoms with Gasteiger partial charge in [0.25, 0.3) is 5.91 Å². The number of hydrogen-bond donors (Lipinski definition) is 5. The van der Waals surface area contributed by atoms with Gasteiger partial charge >= 0.3 is 10.4 Å². The third-order valence-electron chi connectivity index (χ3n) is 2.87. The van der Waals surface area contributed by atoms with Gasteiger partial charge < -0.3 is 17.2 Å². The SMILES string of the molecule is CCCn1cc(C#N)c(N)n1.CCCn1cc(C(N)=O)c(N)n1.O=S(=O)(O)O. The fourth-order valence-corrected chi connectivity index (χ4v) is 1.84. The molecule has 0 aliphatic heterocycles. The zero-order valence-electron chi connectivity index (χ0n) is 15.5. The van der Waals surface area contributed by atoms with Crippen LogP contribution in [0.5, 0.6) is 0 Å². The van der Waals surface area contributed by atoms with E-state index < -0.39 is 16.3 Å². The highest BCUT2D eigenvalue weighted by molar-refractivity contribution is 7.79. The molecule has 0 bridgehead atoms. The molecule has 28 heavy (non-hydrogen) atoms. The second kappa shape index (κ2) is 11.5. The molecule has 0 radical (unpaired) electrons. The summed E-state index contributed by atoms with van der Waals surface area (Å²) >= 11 is 0. The van der Waals surface area contributed by atoms with Crippen LogP contribution in [0.4, 0.5) is 11.6 Å². The maximum absolute atomic E-state index is 10.7. The van der Waals surface area contributed by atoms with Crippen LogP contribution in [0.1, 0.15) is 42.6 Å². The van der Waals surface area contributed by atoms with Crippen molar-refractivity contribution in [2.45, 2.75) is 39.8 Å². The number of carbonyl (C=O) groups is 1. The molecule has 0 atom stereocenters. The van der Waals surface area contributed by atoms with Crippen molar-refractivity contribution in [2.24, 2.45) is 5.73 Å². The van der Waals surface area contributed by atoms with Crippen molar-refractivity contribution in [3.8, 4) is 6.07 Å². The molecular formula is C14H24N8O5S. The number of anilines is 2. The van der Waals surface area contributed by atoms with Crippen molar-refractivity contribution in [2.75, 3.05) is 11.5 Å². The van der Waals surface area contributed by atoms with E-state index in [2.05, 4.69) is 10.2 Å². The summed E-state index contributed by atoms with van der Waals surface area (Å²) in [7, 11) is -4.67. The number of carbonyl (C=O) groups excluding carboxylic acids is 1. The van der Waals surface area contributed by atoms with Crippen LogP contribution < -0.4 is 17.2 Å². The predicted molar refractivity (Wildman–Crippen MR) is 101 cm³/mol. The summed E-state index contributed by atoms with van der Waals surface area (Å²) in [6.45, 7) is 5.62.